The maximum Gasteiger partial charge on any atom is 0.255 e. The summed E-state index contributed by atoms with van der Waals surface area (Å²) in [5.41, 5.74) is 2.17. The lowest BCUT2D eigenvalue weighted by molar-refractivity contribution is -0.120. The van der Waals surface area contributed by atoms with E-state index in [1.807, 2.05) is 35.2 Å². The van der Waals surface area contributed by atoms with Crippen molar-refractivity contribution >= 4 is 27.5 Å². The zero-order valence-electron chi connectivity index (χ0n) is 19.5. The molecule has 2 amide bonds. The van der Waals surface area contributed by atoms with E-state index in [0.29, 0.717) is 43.6 Å². The predicted molar refractivity (Wildman–Crippen MR) is 133 cm³/mol. The second-order valence-corrected chi connectivity index (χ2v) is 11.2. The van der Waals surface area contributed by atoms with Crippen molar-refractivity contribution in [2.24, 2.45) is 5.92 Å². The summed E-state index contributed by atoms with van der Waals surface area (Å²) in [5.74, 6) is -0.358. The number of rotatable bonds is 8. The number of piperidine rings is 1. The van der Waals surface area contributed by atoms with Gasteiger partial charge in [-0.1, -0.05) is 42.5 Å². The van der Waals surface area contributed by atoms with Crippen LogP contribution in [0.1, 0.15) is 48.0 Å². The van der Waals surface area contributed by atoms with Crippen LogP contribution in [0, 0.1) is 5.92 Å². The second kappa shape index (κ2) is 11.1. The van der Waals surface area contributed by atoms with Crippen molar-refractivity contribution in [3.05, 3.63) is 65.7 Å². The van der Waals surface area contributed by atoms with Gasteiger partial charge in [0.15, 0.2) is 0 Å². The second-order valence-electron chi connectivity index (χ2n) is 9.11. The molecule has 0 unspecified atom stereocenters. The van der Waals surface area contributed by atoms with E-state index >= 15 is 0 Å². The molecule has 0 spiro atoms. The lowest BCUT2D eigenvalue weighted by Crippen LogP contribution is -2.42. The number of carbonyl (C=O) groups is 2. The average Bonchev–Trinajstić information content (AvgIpc) is 3.40. The number of para-hydroxylation sites is 1. The van der Waals surface area contributed by atoms with Gasteiger partial charge < -0.3 is 10.2 Å². The summed E-state index contributed by atoms with van der Waals surface area (Å²) in [5, 5.41) is 2.94. The number of anilines is 1. The largest absolute Gasteiger partial charge is 0.339 e. The van der Waals surface area contributed by atoms with Crippen LogP contribution in [0.25, 0.3) is 0 Å². The monoisotopic (exact) mass is 483 g/mol. The first-order valence-electron chi connectivity index (χ1n) is 12.1. The quantitative estimate of drug-likeness (QED) is 0.622. The van der Waals surface area contributed by atoms with E-state index in [2.05, 4.69) is 5.32 Å². The van der Waals surface area contributed by atoms with Gasteiger partial charge in [-0.15, -0.1) is 0 Å². The van der Waals surface area contributed by atoms with Crippen LogP contribution in [0.4, 0.5) is 5.69 Å². The van der Waals surface area contributed by atoms with Crippen LogP contribution < -0.4 is 5.32 Å². The Morgan fingerprint density at radius 1 is 0.882 bits per heavy atom. The zero-order valence-corrected chi connectivity index (χ0v) is 20.3. The molecule has 2 aromatic rings. The van der Waals surface area contributed by atoms with Gasteiger partial charge in [-0.3, -0.25) is 9.59 Å². The van der Waals surface area contributed by atoms with E-state index in [4.69, 9.17) is 0 Å². The van der Waals surface area contributed by atoms with E-state index in [1.165, 1.54) is 4.31 Å². The number of likely N-dealkylation sites (tertiary alicyclic amines) is 1. The Kier molecular flexibility index (Phi) is 8.00. The lowest BCUT2D eigenvalue weighted by Gasteiger charge is -2.30. The number of hydrogen-bond acceptors (Lipinski definition) is 4. The molecule has 7 nitrogen and oxygen atoms in total. The summed E-state index contributed by atoms with van der Waals surface area (Å²) in [6.45, 7) is 2.19. The smallest absolute Gasteiger partial charge is 0.255 e. The molecule has 2 aromatic carbocycles. The molecular formula is C26H33N3O4S. The molecule has 0 radical (unpaired) electrons. The number of hydrogen-bond donors (Lipinski definition) is 1. The minimum absolute atomic E-state index is 0.0511. The number of benzene rings is 2. The molecule has 2 fully saturated rings. The topological polar surface area (TPSA) is 86.8 Å². The van der Waals surface area contributed by atoms with Crippen LogP contribution in [-0.2, 0) is 21.2 Å². The van der Waals surface area contributed by atoms with Gasteiger partial charge in [0, 0.05) is 32.1 Å². The standard InChI is InChI=1S/C26H33N3O4S/c30-25(27-24-13-5-4-12-23(24)26(31)28-16-6-7-17-28)22-14-18-29(19-15-22)34(32,33)20-8-11-21-9-2-1-3-10-21/h1-5,9-10,12-13,22H,6-8,11,14-20H2,(H,27,30). The van der Waals surface area contributed by atoms with E-state index < -0.39 is 10.0 Å². The number of carbonyl (C=O) groups excluding carboxylic acids is 2. The van der Waals surface area contributed by atoms with Crippen molar-refractivity contribution in [1.29, 1.82) is 0 Å². The molecule has 0 aromatic heterocycles. The van der Waals surface area contributed by atoms with Crippen molar-refractivity contribution in [3.8, 4) is 0 Å². The zero-order chi connectivity index (χ0) is 24.0. The van der Waals surface area contributed by atoms with Crippen molar-refractivity contribution in [2.75, 3.05) is 37.2 Å². The molecule has 0 bridgehead atoms. The van der Waals surface area contributed by atoms with Gasteiger partial charge in [0.25, 0.3) is 5.91 Å². The van der Waals surface area contributed by atoms with E-state index in [1.54, 1.807) is 24.3 Å². The fourth-order valence-electron chi connectivity index (χ4n) is 4.73. The summed E-state index contributed by atoms with van der Waals surface area (Å²) in [6, 6.07) is 17.0. The molecule has 2 aliphatic heterocycles. The molecular weight excluding hydrogens is 450 g/mol. The lowest BCUT2D eigenvalue weighted by atomic mass is 9.97. The highest BCUT2D eigenvalue weighted by atomic mass is 32.2. The molecule has 182 valence electrons. The highest BCUT2D eigenvalue weighted by Gasteiger charge is 2.31. The molecule has 2 saturated heterocycles. The minimum Gasteiger partial charge on any atom is -0.339 e. The normalized spacial score (nSPS) is 17.6. The van der Waals surface area contributed by atoms with Crippen molar-refractivity contribution in [1.82, 2.24) is 9.21 Å². The van der Waals surface area contributed by atoms with Crippen molar-refractivity contribution in [2.45, 2.75) is 38.5 Å². The van der Waals surface area contributed by atoms with Gasteiger partial charge in [-0.05, 0) is 56.2 Å². The highest BCUT2D eigenvalue weighted by Crippen LogP contribution is 2.25. The highest BCUT2D eigenvalue weighted by molar-refractivity contribution is 7.89. The van der Waals surface area contributed by atoms with Gasteiger partial charge in [-0.2, -0.15) is 0 Å². The van der Waals surface area contributed by atoms with Crippen LogP contribution in [0.5, 0.6) is 0 Å². The van der Waals surface area contributed by atoms with Gasteiger partial charge in [-0.25, -0.2) is 12.7 Å². The summed E-state index contributed by atoms with van der Waals surface area (Å²) in [4.78, 5) is 27.6. The third kappa shape index (κ3) is 6.04. The summed E-state index contributed by atoms with van der Waals surface area (Å²) in [7, 11) is -3.34. The number of nitrogens with zero attached hydrogens (tertiary/aromatic N) is 2. The minimum atomic E-state index is -3.34. The Balaban J connectivity index is 1.29. The summed E-state index contributed by atoms with van der Waals surface area (Å²) in [6.07, 6.45) is 4.28. The summed E-state index contributed by atoms with van der Waals surface area (Å²) < 4.78 is 27.1. The number of sulfonamides is 1. The van der Waals surface area contributed by atoms with Gasteiger partial charge in [0.1, 0.15) is 0 Å². The Morgan fingerprint density at radius 3 is 2.24 bits per heavy atom. The molecule has 2 heterocycles. The van der Waals surface area contributed by atoms with Crippen LogP contribution in [0.3, 0.4) is 0 Å². The third-order valence-corrected chi connectivity index (χ3v) is 8.69. The fraction of sp³-hybridized carbons (Fsp3) is 0.462. The van der Waals surface area contributed by atoms with Gasteiger partial charge in [0.05, 0.1) is 17.0 Å². The maximum atomic E-state index is 12.9. The average molecular weight is 484 g/mol. The Hall–Kier alpha value is -2.71. The number of nitrogens with one attached hydrogen (secondary N) is 1. The molecule has 0 atom stereocenters. The number of aryl methyl sites for hydroxylation is 1. The fourth-order valence-corrected chi connectivity index (χ4v) is 6.27. The van der Waals surface area contributed by atoms with E-state index in [-0.39, 0.29) is 23.5 Å². The molecule has 2 aliphatic rings. The predicted octanol–water partition coefficient (Wildman–Crippen LogP) is 3.54. The first kappa shape index (κ1) is 24.4. The SMILES string of the molecule is O=C(Nc1ccccc1C(=O)N1CCCC1)C1CCN(S(=O)(=O)CCCc2ccccc2)CC1. The molecule has 0 aliphatic carbocycles. The van der Waals surface area contributed by atoms with Crippen LogP contribution in [0.2, 0.25) is 0 Å². The Morgan fingerprint density at radius 2 is 1.53 bits per heavy atom. The van der Waals surface area contributed by atoms with Crippen molar-refractivity contribution in [3.63, 3.8) is 0 Å². The van der Waals surface area contributed by atoms with Crippen LogP contribution in [0.15, 0.2) is 54.6 Å². The molecule has 0 saturated carbocycles. The molecule has 4 rings (SSSR count). The number of amides is 2. The molecule has 1 N–H and O–H groups in total. The third-order valence-electron chi connectivity index (χ3n) is 6.74. The van der Waals surface area contributed by atoms with Gasteiger partial charge in [0.2, 0.25) is 15.9 Å². The first-order valence-corrected chi connectivity index (χ1v) is 13.8. The summed E-state index contributed by atoms with van der Waals surface area (Å²) >= 11 is 0. The maximum absolute atomic E-state index is 12.9. The van der Waals surface area contributed by atoms with E-state index in [9.17, 15) is 18.0 Å². The van der Waals surface area contributed by atoms with Crippen LogP contribution >= 0.6 is 0 Å². The molecule has 8 heteroatoms. The van der Waals surface area contributed by atoms with Crippen LogP contribution in [-0.4, -0.2) is 61.4 Å². The Bertz CT molecular complexity index is 1090. The van der Waals surface area contributed by atoms with E-state index in [0.717, 1.165) is 37.9 Å². The molecule has 34 heavy (non-hydrogen) atoms. The van der Waals surface area contributed by atoms with Crippen molar-refractivity contribution < 1.29 is 18.0 Å². The first-order chi connectivity index (χ1) is 16.4. The van der Waals surface area contributed by atoms with Gasteiger partial charge >= 0.3 is 0 Å². The Labute approximate surface area is 202 Å².